The molecule has 0 aromatic heterocycles. The first-order chi connectivity index (χ1) is 7.17. The average molecular weight is 299 g/mol. The van der Waals surface area contributed by atoms with E-state index in [1.54, 1.807) is 41.8 Å². The maximum absolute atomic E-state index is 7.67. The molecule has 0 fully saturated rings. The minimum absolute atomic E-state index is 0. The van der Waals surface area contributed by atoms with Crippen molar-refractivity contribution in [3.8, 4) is 0 Å². The van der Waals surface area contributed by atoms with Crippen molar-refractivity contribution >= 4 is 36.5 Å². The molecule has 0 rings (SSSR count). The zero-order valence-electron chi connectivity index (χ0n) is 11.7. The predicted molar refractivity (Wildman–Crippen MR) is 81.1 cm³/mol. The van der Waals surface area contributed by atoms with E-state index in [0.29, 0.717) is 11.7 Å². The van der Waals surface area contributed by atoms with Crippen LogP contribution in [0.3, 0.4) is 0 Å². The van der Waals surface area contributed by atoms with Gasteiger partial charge < -0.3 is 10.6 Å². The van der Waals surface area contributed by atoms with Gasteiger partial charge in [-0.05, 0) is 27.7 Å². The monoisotopic (exact) mass is 298 g/mol. The largest absolute Gasteiger partial charge is 0.375 e. The third-order valence-corrected chi connectivity index (χ3v) is 2.27. The van der Waals surface area contributed by atoms with Crippen LogP contribution >= 0.6 is 24.8 Å². The van der Waals surface area contributed by atoms with Crippen LogP contribution in [0.2, 0.25) is 0 Å². The quantitative estimate of drug-likeness (QED) is 0.364. The lowest BCUT2D eigenvalue weighted by Crippen LogP contribution is -2.41. The van der Waals surface area contributed by atoms with Gasteiger partial charge in [0.05, 0.1) is 0 Å². The molecule has 0 bridgehead atoms. The Kier molecular flexibility index (Phi) is 10.2. The Morgan fingerprint density at radius 2 is 1.00 bits per heavy atom. The second kappa shape index (κ2) is 8.26. The summed E-state index contributed by atoms with van der Waals surface area (Å²) in [7, 11) is 3.36. The van der Waals surface area contributed by atoms with E-state index in [2.05, 4.69) is 20.9 Å². The first-order valence-corrected chi connectivity index (χ1v) is 5.15. The number of azo groups is 1. The molecule has 108 valence electrons. The normalized spacial score (nSPS) is 11.2. The number of hydrogen-bond donors (Lipinski definition) is 4. The van der Waals surface area contributed by atoms with Crippen LogP contribution in [-0.4, -0.2) is 36.8 Å². The molecule has 0 amide bonds. The lowest BCUT2D eigenvalue weighted by molar-refractivity contribution is 0.547. The Bertz CT molecular complexity index is 281. The number of nitrogens with zero attached hydrogens (tertiary/aromatic N) is 2. The fourth-order valence-electron chi connectivity index (χ4n) is 0.962. The number of halogens is 2. The van der Waals surface area contributed by atoms with Crippen LogP contribution in [-0.2, 0) is 0 Å². The molecule has 0 spiro atoms. The zero-order chi connectivity index (χ0) is 13.0. The first-order valence-electron chi connectivity index (χ1n) is 5.15. The van der Waals surface area contributed by atoms with E-state index in [1.165, 1.54) is 0 Å². The molecule has 0 aliphatic carbocycles. The summed E-state index contributed by atoms with van der Waals surface area (Å²) in [5.74, 6) is 0.589. The fourth-order valence-corrected chi connectivity index (χ4v) is 0.962. The Labute approximate surface area is 121 Å². The molecular formula is C10H24Cl2N6. The van der Waals surface area contributed by atoms with Crippen molar-refractivity contribution in [1.29, 1.82) is 10.8 Å². The molecule has 0 atom stereocenters. The topological polar surface area (TPSA) is 96.5 Å². The van der Waals surface area contributed by atoms with Gasteiger partial charge in [-0.25, -0.2) is 0 Å². The highest BCUT2D eigenvalue weighted by Crippen LogP contribution is 2.16. The van der Waals surface area contributed by atoms with Crippen molar-refractivity contribution in [3.05, 3.63) is 0 Å². The number of amidine groups is 2. The summed E-state index contributed by atoms with van der Waals surface area (Å²) < 4.78 is 0. The Balaban J connectivity index is -0.00000112. The predicted octanol–water partition coefficient (Wildman–Crippen LogP) is 2.23. The second-order valence-electron chi connectivity index (χ2n) is 4.57. The second-order valence-corrected chi connectivity index (χ2v) is 4.57. The molecule has 6 nitrogen and oxygen atoms in total. The number of nitrogens with one attached hydrogen (secondary N) is 4. The zero-order valence-corrected chi connectivity index (χ0v) is 13.3. The molecule has 0 aromatic carbocycles. The van der Waals surface area contributed by atoms with Crippen molar-refractivity contribution in [3.63, 3.8) is 0 Å². The van der Waals surface area contributed by atoms with Gasteiger partial charge in [0, 0.05) is 14.1 Å². The van der Waals surface area contributed by atoms with Crippen LogP contribution in [0.15, 0.2) is 10.2 Å². The highest BCUT2D eigenvalue weighted by atomic mass is 35.5. The molecule has 0 heterocycles. The van der Waals surface area contributed by atoms with Crippen molar-refractivity contribution in [2.75, 3.05) is 14.1 Å². The van der Waals surface area contributed by atoms with E-state index in [4.69, 9.17) is 10.8 Å². The Morgan fingerprint density at radius 1 is 0.778 bits per heavy atom. The molecule has 8 heteroatoms. The minimum atomic E-state index is -0.694. The number of likely N-dealkylation sites (N-methyl/N-ethyl adjacent to an activating group) is 2. The highest BCUT2D eigenvalue weighted by Gasteiger charge is 2.27. The summed E-state index contributed by atoms with van der Waals surface area (Å²) >= 11 is 0. The Hall–Kier alpha value is -0.880. The van der Waals surface area contributed by atoms with Gasteiger partial charge in [-0.1, -0.05) is 0 Å². The summed E-state index contributed by atoms with van der Waals surface area (Å²) in [6.07, 6.45) is 0. The molecule has 0 unspecified atom stereocenters. The summed E-state index contributed by atoms with van der Waals surface area (Å²) in [6.45, 7) is 7.20. The molecule has 0 aliphatic heterocycles. The van der Waals surface area contributed by atoms with Gasteiger partial charge >= 0.3 is 0 Å². The SMILES string of the molecule is CNC(=N)C(C)(C)/N=N/C(C)(C)C(=N)NC.Cl.Cl. The molecule has 18 heavy (non-hydrogen) atoms. The van der Waals surface area contributed by atoms with Crippen LogP contribution in [0.5, 0.6) is 0 Å². The lowest BCUT2D eigenvalue weighted by Gasteiger charge is -2.23. The number of hydrogen-bond acceptors (Lipinski definition) is 4. The van der Waals surface area contributed by atoms with Crippen molar-refractivity contribution in [2.24, 2.45) is 10.2 Å². The van der Waals surface area contributed by atoms with Gasteiger partial charge in [0.15, 0.2) is 0 Å². The molecular weight excluding hydrogens is 275 g/mol. The van der Waals surface area contributed by atoms with Crippen LogP contribution in [0.25, 0.3) is 0 Å². The van der Waals surface area contributed by atoms with Gasteiger partial charge in [0.1, 0.15) is 22.7 Å². The summed E-state index contributed by atoms with van der Waals surface area (Å²) in [5.41, 5.74) is -1.39. The minimum Gasteiger partial charge on any atom is -0.375 e. The van der Waals surface area contributed by atoms with E-state index in [9.17, 15) is 0 Å². The van der Waals surface area contributed by atoms with Crippen molar-refractivity contribution in [2.45, 2.75) is 38.8 Å². The fraction of sp³-hybridized carbons (Fsp3) is 0.800. The third-order valence-electron chi connectivity index (χ3n) is 2.27. The van der Waals surface area contributed by atoms with Gasteiger partial charge in [-0.2, -0.15) is 10.2 Å². The molecule has 4 N–H and O–H groups in total. The smallest absolute Gasteiger partial charge is 0.132 e. The standard InChI is InChI=1S/C10H22N6.2ClH/c1-9(2,7(11)13-5)15-16-10(3,4)8(12)14-6;;/h1-6H3,(H2,11,13)(H2,12,14);2*1H/b16-15+;;. The van der Waals surface area contributed by atoms with Gasteiger partial charge in [-0.3, -0.25) is 10.8 Å². The van der Waals surface area contributed by atoms with Crippen molar-refractivity contribution in [1.82, 2.24) is 10.6 Å². The van der Waals surface area contributed by atoms with E-state index in [1.807, 2.05) is 0 Å². The highest BCUT2D eigenvalue weighted by molar-refractivity contribution is 5.89. The van der Waals surface area contributed by atoms with E-state index in [0.717, 1.165) is 0 Å². The Morgan fingerprint density at radius 3 is 1.17 bits per heavy atom. The molecule has 0 aliphatic rings. The summed E-state index contributed by atoms with van der Waals surface area (Å²) in [4.78, 5) is 0. The third kappa shape index (κ3) is 6.16. The van der Waals surface area contributed by atoms with E-state index >= 15 is 0 Å². The molecule has 0 aromatic rings. The van der Waals surface area contributed by atoms with Crippen LogP contribution < -0.4 is 10.6 Å². The number of rotatable bonds is 4. The van der Waals surface area contributed by atoms with Crippen LogP contribution in [0.1, 0.15) is 27.7 Å². The maximum atomic E-state index is 7.67. The lowest BCUT2D eigenvalue weighted by atomic mass is 10.0. The van der Waals surface area contributed by atoms with Gasteiger partial charge in [-0.15, -0.1) is 24.8 Å². The van der Waals surface area contributed by atoms with Crippen molar-refractivity contribution < 1.29 is 0 Å². The molecule has 0 saturated carbocycles. The van der Waals surface area contributed by atoms with Crippen LogP contribution in [0.4, 0.5) is 0 Å². The van der Waals surface area contributed by atoms with Crippen LogP contribution in [0, 0.1) is 10.8 Å². The summed E-state index contributed by atoms with van der Waals surface area (Å²) in [6, 6.07) is 0. The summed E-state index contributed by atoms with van der Waals surface area (Å²) in [5, 5.41) is 29.1. The molecule has 0 radical (unpaired) electrons. The van der Waals surface area contributed by atoms with E-state index in [-0.39, 0.29) is 24.8 Å². The maximum Gasteiger partial charge on any atom is 0.132 e. The van der Waals surface area contributed by atoms with Gasteiger partial charge in [0.2, 0.25) is 0 Å². The molecule has 0 saturated heterocycles. The van der Waals surface area contributed by atoms with Gasteiger partial charge in [0.25, 0.3) is 0 Å². The average Bonchev–Trinajstić information content (AvgIpc) is 2.24. The van der Waals surface area contributed by atoms with E-state index < -0.39 is 11.1 Å². The first kappa shape index (κ1) is 22.3.